The quantitative estimate of drug-likeness (QED) is 0.411. The average molecular weight is 357 g/mol. The van der Waals surface area contributed by atoms with Crippen LogP contribution in [0.4, 0.5) is 4.79 Å². The fourth-order valence-electron chi connectivity index (χ4n) is 3.42. The Morgan fingerprint density at radius 2 is 1.92 bits per heavy atom. The minimum absolute atomic E-state index is 0.0950. The molecule has 4 atom stereocenters. The van der Waals surface area contributed by atoms with E-state index in [-0.39, 0.29) is 12.7 Å². The lowest BCUT2D eigenvalue weighted by atomic mass is 9.77. The molecular weight excluding hydrogens is 334 g/mol. The van der Waals surface area contributed by atoms with Gasteiger partial charge in [-0.15, -0.1) is 0 Å². The van der Waals surface area contributed by atoms with E-state index in [9.17, 15) is 19.2 Å². The highest BCUT2D eigenvalue weighted by atomic mass is 16.7. The lowest BCUT2D eigenvalue weighted by Crippen LogP contribution is -2.67. The Kier molecular flexibility index (Phi) is 4.69. The summed E-state index contributed by atoms with van der Waals surface area (Å²) in [6.07, 6.45) is -1.59. The van der Waals surface area contributed by atoms with Crippen LogP contribution in [0.2, 0.25) is 0 Å². The summed E-state index contributed by atoms with van der Waals surface area (Å²) < 4.78 is 20.8. The number of nitrogens with zero attached hydrogens (tertiary/aromatic N) is 1. The first-order chi connectivity index (χ1) is 11.5. The molecule has 2 aliphatic rings. The number of hydrogen-bond donors (Lipinski definition) is 0. The number of aldehydes is 1. The van der Waals surface area contributed by atoms with Crippen LogP contribution in [0.15, 0.2) is 0 Å². The van der Waals surface area contributed by atoms with Crippen molar-refractivity contribution in [2.75, 3.05) is 14.2 Å². The molecule has 0 bridgehead atoms. The van der Waals surface area contributed by atoms with Crippen molar-refractivity contribution in [3.63, 3.8) is 0 Å². The summed E-state index contributed by atoms with van der Waals surface area (Å²) in [5, 5.41) is 0. The Labute approximate surface area is 145 Å². The minimum Gasteiger partial charge on any atom is -0.467 e. The van der Waals surface area contributed by atoms with Gasteiger partial charge in [0.05, 0.1) is 13.0 Å². The Morgan fingerprint density at radius 3 is 2.36 bits per heavy atom. The van der Waals surface area contributed by atoms with Gasteiger partial charge in [-0.1, -0.05) is 0 Å². The second-order valence-corrected chi connectivity index (χ2v) is 7.21. The van der Waals surface area contributed by atoms with Gasteiger partial charge in [-0.25, -0.2) is 14.5 Å². The van der Waals surface area contributed by atoms with Crippen molar-refractivity contribution in [3.8, 4) is 0 Å². The van der Waals surface area contributed by atoms with Crippen LogP contribution in [-0.4, -0.2) is 66.4 Å². The zero-order valence-electron chi connectivity index (χ0n) is 15.2. The predicted octanol–water partition coefficient (Wildman–Crippen LogP) is 0.642. The Bertz CT molecular complexity index is 612. The summed E-state index contributed by atoms with van der Waals surface area (Å²) >= 11 is 0. The maximum atomic E-state index is 12.9. The van der Waals surface area contributed by atoms with Crippen molar-refractivity contribution in [3.05, 3.63) is 0 Å². The SMILES string of the molecule is COC(=O)C1(C=O)N(C(=O)OC(C)(C)C)C(=O)C2CC(OC)OC21C. The number of carbonyl (C=O) groups is 4. The third-order valence-electron chi connectivity index (χ3n) is 4.60. The van der Waals surface area contributed by atoms with E-state index in [2.05, 4.69) is 0 Å². The van der Waals surface area contributed by atoms with Crippen molar-refractivity contribution in [2.24, 2.45) is 5.92 Å². The molecule has 0 aromatic rings. The van der Waals surface area contributed by atoms with Gasteiger partial charge in [-0.2, -0.15) is 0 Å². The number of hydrogen-bond acceptors (Lipinski definition) is 8. The third kappa shape index (κ3) is 2.62. The maximum absolute atomic E-state index is 12.9. The van der Waals surface area contributed by atoms with Crippen LogP contribution in [0.25, 0.3) is 0 Å². The molecule has 0 saturated carbocycles. The molecule has 0 radical (unpaired) electrons. The van der Waals surface area contributed by atoms with Gasteiger partial charge >= 0.3 is 12.1 Å². The molecular formula is C16H23NO8. The number of fused-ring (bicyclic) bond motifs is 1. The number of ether oxygens (including phenoxy) is 4. The summed E-state index contributed by atoms with van der Waals surface area (Å²) in [4.78, 5) is 50.7. The molecule has 4 unspecified atom stereocenters. The molecule has 0 aliphatic carbocycles. The molecule has 2 rings (SSSR count). The van der Waals surface area contributed by atoms with Crippen molar-refractivity contribution < 1.29 is 38.1 Å². The first kappa shape index (κ1) is 19.3. The molecule has 2 aliphatic heterocycles. The molecule has 2 amide bonds. The van der Waals surface area contributed by atoms with Gasteiger partial charge in [0.2, 0.25) is 11.4 Å². The highest BCUT2D eigenvalue weighted by Crippen LogP contribution is 2.52. The average Bonchev–Trinajstić information content (AvgIpc) is 2.94. The third-order valence-corrected chi connectivity index (χ3v) is 4.60. The molecule has 140 valence electrons. The fraction of sp³-hybridized carbons (Fsp3) is 0.750. The zero-order chi connectivity index (χ0) is 19.2. The molecule has 2 fully saturated rings. The van der Waals surface area contributed by atoms with Crippen molar-refractivity contribution in [1.29, 1.82) is 0 Å². The number of methoxy groups -OCH3 is 2. The maximum Gasteiger partial charge on any atom is 0.418 e. The Morgan fingerprint density at radius 1 is 1.32 bits per heavy atom. The zero-order valence-corrected chi connectivity index (χ0v) is 15.2. The Hall–Kier alpha value is -2.00. The highest BCUT2D eigenvalue weighted by molar-refractivity contribution is 6.13. The summed E-state index contributed by atoms with van der Waals surface area (Å²) in [5.41, 5.74) is -4.85. The van der Waals surface area contributed by atoms with E-state index in [1.165, 1.54) is 14.0 Å². The number of esters is 1. The van der Waals surface area contributed by atoms with Crippen LogP contribution < -0.4 is 0 Å². The topological polar surface area (TPSA) is 108 Å². The Balaban J connectivity index is 2.60. The van der Waals surface area contributed by atoms with Crippen molar-refractivity contribution in [2.45, 2.75) is 57.1 Å². The second kappa shape index (κ2) is 6.06. The van der Waals surface area contributed by atoms with Crippen LogP contribution in [0.3, 0.4) is 0 Å². The van der Waals surface area contributed by atoms with Gasteiger partial charge in [-0.3, -0.25) is 9.59 Å². The molecule has 25 heavy (non-hydrogen) atoms. The van der Waals surface area contributed by atoms with E-state index in [4.69, 9.17) is 18.9 Å². The van der Waals surface area contributed by atoms with E-state index in [1.807, 2.05) is 0 Å². The highest BCUT2D eigenvalue weighted by Gasteiger charge is 2.77. The van der Waals surface area contributed by atoms with Crippen LogP contribution in [-0.2, 0) is 33.3 Å². The monoisotopic (exact) mass is 357 g/mol. The molecule has 9 nitrogen and oxygen atoms in total. The number of amides is 2. The number of imide groups is 1. The number of likely N-dealkylation sites (tertiary alicyclic amines) is 1. The molecule has 9 heteroatoms. The molecule has 2 heterocycles. The van der Waals surface area contributed by atoms with Crippen LogP contribution in [0.5, 0.6) is 0 Å². The van der Waals surface area contributed by atoms with Crippen molar-refractivity contribution in [1.82, 2.24) is 4.90 Å². The van der Waals surface area contributed by atoms with Gasteiger partial charge in [0.15, 0.2) is 12.6 Å². The predicted molar refractivity (Wildman–Crippen MR) is 82.3 cm³/mol. The first-order valence-electron chi connectivity index (χ1n) is 7.81. The van der Waals surface area contributed by atoms with Crippen molar-refractivity contribution >= 4 is 24.3 Å². The van der Waals surface area contributed by atoms with Crippen LogP contribution in [0.1, 0.15) is 34.1 Å². The van der Waals surface area contributed by atoms with E-state index in [1.54, 1.807) is 20.8 Å². The van der Waals surface area contributed by atoms with Gasteiger partial charge < -0.3 is 18.9 Å². The summed E-state index contributed by atoms with van der Waals surface area (Å²) in [6, 6.07) is 0. The van der Waals surface area contributed by atoms with Gasteiger partial charge in [0, 0.05) is 13.5 Å². The molecule has 0 aromatic carbocycles. The van der Waals surface area contributed by atoms with Crippen LogP contribution >= 0.6 is 0 Å². The molecule has 0 aromatic heterocycles. The van der Waals surface area contributed by atoms with Gasteiger partial charge in [0.1, 0.15) is 11.2 Å². The summed E-state index contributed by atoms with van der Waals surface area (Å²) in [6.45, 7) is 6.23. The fourth-order valence-corrected chi connectivity index (χ4v) is 3.42. The second-order valence-electron chi connectivity index (χ2n) is 7.21. The largest absolute Gasteiger partial charge is 0.467 e. The van der Waals surface area contributed by atoms with Gasteiger partial charge in [0.25, 0.3) is 0 Å². The van der Waals surface area contributed by atoms with E-state index in [0.29, 0.717) is 4.90 Å². The van der Waals surface area contributed by atoms with Crippen LogP contribution in [0, 0.1) is 5.92 Å². The first-order valence-corrected chi connectivity index (χ1v) is 7.81. The molecule has 2 saturated heterocycles. The lowest BCUT2D eigenvalue weighted by molar-refractivity contribution is -0.196. The summed E-state index contributed by atoms with van der Waals surface area (Å²) in [7, 11) is 2.44. The number of rotatable bonds is 3. The van der Waals surface area contributed by atoms with E-state index < -0.39 is 46.9 Å². The standard InChI is InChI=1S/C16H23NO8/c1-14(2,3)25-13(21)17-11(19)9-7-10(22-5)24-15(9,4)16(17,8-18)12(20)23-6/h8-10H,7H2,1-6H3. The normalized spacial score (nSPS) is 34.6. The molecule has 0 N–H and O–H groups in total. The molecule has 0 spiro atoms. The summed E-state index contributed by atoms with van der Waals surface area (Å²) in [5.74, 6) is -2.76. The smallest absolute Gasteiger partial charge is 0.418 e. The van der Waals surface area contributed by atoms with E-state index in [0.717, 1.165) is 7.11 Å². The minimum atomic E-state index is -2.29. The van der Waals surface area contributed by atoms with Gasteiger partial charge in [-0.05, 0) is 27.7 Å². The van der Waals surface area contributed by atoms with E-state index >= 15 is 0 Å². The number of carbonyl (C=O) groups excluding carboxylic acids is 4. The lowest BCUT2D eigenvalue weighted by Gasteiger charge is -2.39.